The van der Waals surface area contributed by atoms with Gasteiger partial charge in [0.1, 0.15) is 0 Å². The number of hydrazine groups is 1. The summed E-state index contributed by atoms with van der Waals surface area (Å²) in [6.07, 6.45) is -1.07. The molecule has 1 fully saturated rings. The van der Waals surface area contributed by atoms with Crippen LogP contribution in [0.1, 0.15) is 10.4 Å². The SMILES string of the molecule is O=C(NNC(=O)C1CN(C(=O)O)C1)c1ccc(Cl)cc1Cl. The average Bonchev–Trinajstić information content (AvgIpc) is 2.33. The van der Waals surface area contributed by atoms with Crippen LogP contribution in [0, 0.1) is 5.92 Å². The van der Waals surface area contributed by atoms with Gasteiger partial charge in [-0.25, -0.2) is 4.79 Å². The van der Waals surface area contributed by atoms with Crippen molar-refractivity contribution >= 4 is 41.1 Å². The molecule has 1 aliphatic heterocycles. The molecule has 0 aromatic heterocycles. The summed E-state index contributed by atoms with van der Waals surface area (Å²) in [5.74, 6) is -1.51. The summed E-state index contributed by atoms with van der Waals surface area (Å²) in [6.45, 7) is 0.220. The summed E-state index contributed by atoms with van der Waals surface area (Å²) in [6, 6.07) is 4.35. The summed E-state index contributed by atoms with van der Waals surface area (Å²) in [5.41, 5.74) is 4.62. The van der Waals surface area contributed by atoms with Crippen LogP contribution < -0.4 is 10.9 Å². The number of rotatable bonds is 2. The molecule has 0 unspecified atom stereocenters. The van der Waals surface area contributed by atoms with Crippen LogP contribution in [0.4, 0.5) is 4.79 Å². The first-order valence-corrected chi connectivity index (χ1v) is 6.67. The van der Waals surface area contributed by atoms with Crippen molar-refractivity contribution in [3.63, 3.8) is 0 Å². The van der Waals surface area contributed by atoms with E-state index >= 15 is 0 Å². The Morgan fingerprint density at radius 1 is 1.19 bits per heavy atom. The number of carboxylic acid groups (broad SMARTS) is 1. The highest BCUT2D eigenvalue weighted by Gasteiger charge is 2.35. The summed E-state index contributed by atoms with van der Waals surface area (Å²) in [5, 5.41) is 9.21. The number of carbonyl (C=O) groups excluding carboxylic acids is 2. The van der Waals surface area contributed by atoms with Crippen molar-refractivity contribution in [3.05, 3.63) is 33.8 Å². The van der Waals surface area contributed by atoms with Gasteiger partial charge in [-0.2, -0.15) is 0 Å². The van der Waals surface area contributed by atoms with E-state index in [1.807, 2.05) is 0 Å². The van der Waals surface area contributed by atoms with E-state index in [1.54, 1.807) is 0 Å². The summed E-state index contributed by atoms with van der Waals surface area (Å²) in [4.78, 5) is 35.2. The van der Waals surface area contributed by atoms with Crippen molar-refractivity contribution in [1.29, 1.82) is 0 Å². The molecular formula is C12H11Cl2N3O4. The molecule has 1 aliphatic rings. The van der Waals surface area contributed by atoms with E-state index in [1.165, 1.54) is 18.2 Å². The molecule has 0 saturated carbocycles. The van der Waals surface area contributed by atoms with E-state index in [0.717, 1.165) is 4.90 Å². The third kappa shape index (κ3) is 3.56. The second-order valence-corrected chi connectivity index (χ2v) is 5.30. The van der Waals surface area contributed by atoms with Gasteiger partial charge in [-0.15, -0.1) is 0 Å². The van der Waals surface area contributed by atoms with Crippen molar-refractivity contribution in [2.45, 2.75) is 0 Å². The van der Waals surface area contributed by atoms with E-state index in [2.05, 4.69) is 10.9 Å². The van der Waals surface area contributed by atoms with Gasteiger partial charge in [-0.05, 0) is 18.2 Å². The Bertz CT molecular complexity index is 602. The third-order valence-corrected chi connectivity index (χ3v) is 3.55. The number of benzene rings is 1. The van der Waals surface area contributed by atoms with Crippen LogP contribution in [-0.4, -0.2) is 41.0 Å². The van der Waals surface area contributed by atoms with E-state index < -0.39 is 23.8 Å². The van der Waals surface area contributed by atoms with Crippen LogP contribution in [0.25, 0.3) is 0 Å². The molecule has 112 valence electrons. The minimum Gasteiger partial charge on any atom is -0.465 e. The summed E-state index contributed by atoms with van der Waals surface area (Å²) in [7, 11) is 0. The lowest BCUT2D eigenvalue weighted by molar-refractivity contribution is -0.130. The fraction of sp³-hybridized carbons (Fsp3) is 0.250. The van der Waals surface area contributed by atoms with E-state index in [9.17, 15) is 14.4 Å². The number of nitrogens with zero attached hydrogens (tertiary/aromatic N) is 1. The Hall–Kier alpha value is -1.99. The Morgan fingerprint density at radius 3 is 2.43 bits per heavy atom. The van der Waals surface area contributed by atoms with Gasteiger partial charge < -0.3 is 10.0 Å². The van der Waals surface area contributed by atoms with Gasteiger partial charge in [0.05, 0.1) is 16.5 Å². The zero-order valence-electron chi connectivity index (χ0n) is 10.6. The van der Waals surface area contributed by atoms with Gasteiger partial charge in [0.25, 0.3) is 5.91 Å². The lowest BCUT2D eigenvalue weighted by Gasteiger charge is -2.35. The number of amides is 3. The van der Waals surface area contributed by atoms with Crippen LogP contribution >= 0.6 is 23.2 Å². The maximum Gasteiger partial charge on any atom is 0.407 e. The number of halogens is 2. The number of likely N-dealkylation sites (tertiary alicyclic amines) is 1. The van der Waals surface area contributed by atoms with Crippen LogP contribution in [0.5, 0.6) is 0 Å². The van der Waals surface area contributed by atoms with Crippen LogP contribution in [-0.2, 0) is 4.79 Å². The van der Waals surface area contributed by atoms with Gasteiger partial charge in [0.15, 0.2) is 0 Å². The highest BCUT2D eigenvalue weighted by Crippen LogP contribution is 2.20. The van der Waals surface area contributed by atoms with Gasteiger partial charge in [0, 0.05) is 18.1 Å². The van der Waals surface area contributed by atoms with E-state index in [0.29, 0.717) is 5.02 Å². The smallest absolute Gasteiger partial charge is 0.407 e. The number of hydrogen-bond acceptors (Lipinski definition) is 3. The van der Waals surface area contributed by atoms with Gasteiger partial charge in [-0.3, -0.25) is 20.4 Å². The second kappa shape index (κ2) is 6.19. The molecule has 1 aromatic rings. The lowest BCUT2D eigenvalue weighted by Crippen LogP contribution is -2.57. The zero-order valence-corrected chi connectivity index (χ0v) is 12.1. The lowest BCUT2D eigenvalue weighted by atomic mass is 10.0. The Kier molecular flexibility index (Phi) is 4.54. The van der Waals surface area contributed by atoms with Gasteiger partial charge in [0.2, 0.25) is 5.91 Å². The zero-order chi connectivity index (χ0) is 15.6. The van der Waals surface area contributed by atoms with Crippen molar-refractivity contribution in [2.75, 3.05) is 13.1 Å². The quantitative estimate of drug-likeness (QED) is 0.712. The molecule has 1 heterocycles. The van der Waals surface area contributed by atoms with E-state index in [4.69, 9.17) is 28.3 Å². The Labute approximate surface area is 129 Å². The summed E-state index contributed by atoms with van der Waals surface area (Å²) < 4.78 is 0. The molecule has 0 radical (unpaired) electrons. The monoisotopic (exact) mass is 331 g/mol. The van der Waals surface area contributed by atoms with Gasteiger partial charge >= 0.3 is 6.09 Å². The fourth-order valence-corrected chi connectivity index (χ4v) is 2.26. The molecular weight excluding hydrogens is 321 g/mol. The molecule has 3 amide bonds. The molecule has 0 spiro atoms. The minimum absolute atomic E-state index is 0.110. The Morgan fingerprint density at radius 2 is 1.86 bits per heavy atom. The molecule has 2 rings (SSSR count). The molecule has 0 bridgehead atoms. The summed E-state index contributed by atoms with van der Waals surface area (Å²) >= 11 is 11.6. The molecule has 21 heavy (non-hydrogen) atoms. The molecule has 1 aromatic carbocycles. The highest BCUT2D eigenvalue weighted by atomic mass is 35.5. The molecule has 3 N–H and O–H groups in total. The first-order chi connectivity index (χ1) is 9.88. The first-order valence-electron chi connectivity index (χ1n) is 5.91. The Balaban J connectivity index is 1.84. The standard InChI is InChI=1S/C12H11Cl2N3O4/c13-7-1-2-8(9(14)3-7)11(19)16-15-10(18)6-4-17(5-6)12(20)21/h1-3,6H,4-5H2,(H,15,18)(H,16,19)(H,20,21). The van der Waals surface area contributed by atoms with Crippen molar-refractivity contribution < 1.29 is 19.5 Å². The van der Waals surface area contributed by atoms with Crippen LogP contribution in [0.15, 0.2) is 18.2 Å². The van der Waals surface area contributed by atoms with Crippen LogP contribution in [0.3, 0.4) is 0 Å². The normalized spacial score (nSPS) is 14.3. The maximum absolute atomic E-state index is 11.8. The number of carbonyl (C=O) groups is 3. The maximum atomic E-state index is 11.8. The van der Waals surface area contributed by atoms with E-state index in [-0.39, 0.29) is 23.7 Å². The van der Waals surface area contributed by atoms with Crippen molar-refractivity contribution in [1.82, 2.24) is 15.8 Å². The topological polar surface area (TPSA) is 98.7 Å². The molecule has 0 atom stereocenters. The predicted molar refractivity (Wildman–Crippen MR) is 75.2 cm³/mol. The largest absolute Gasteiger partial charge is 0.465 e. The minimum atomic E-state index is -1.07. The highest BCUT2D eigenvalue weighted by molar-refractivity contribution is 6.36. The third-order valence-electron chi connectivity index (χ3n) is 3.00. The van der Waals surface area contributed by atoms with Crippen molar-refractivity contribution in [2.24, 2.45) is 5.92 Å². The fourth-order valence-electron chi connectivity index (χ4n) is 1.76. The number of hydrogen-bond donors (Lipinski definition) is 3. The van der Waals surface area contributed by atoms with Crippen molar-refractivity contribution in [3.8, 4) is 0 Å². The molecule has 7 nitrogen and oxygen atoms in total. The van der Waals surface area contributed by atoms with Crippen LogP contribution in [0.2, 0.25) is 10.0 Å². The molecule has 9 heteroatoms. The predicted octanol–water partition coefficient (Wildman–Crippen LogP) is 1.36. The number of nitrogens with one attached hydrogen (secondary N) is 2. The average molecular weight is 332 g/mol. The van der Waals surface area contributed by atoms with Gasteiger partial charge in [-0.1, -0.05) is 23.2 Å². The first kappa shape index (κ1) is 15.4. The second-order valence-electron chi connectivity index (χ2n) is 4.45. The molecule has 1 saturated heterocycles. The molecule has 0 aliphatic carbocycles.